The Hall–Kier alpha value is -3.69. The molecule has 9 heteroatoms. The van der Waals surface area contributed by atoms with Crippen molar-refractivity contribution in [3.63, 3.8) is 0 Å². The maximum Gasteiger partial charge on any atom is 0.339 e. The van der Waals surface area contributed by atoms with E-state index in [1.807, 2.05) is 37.3 Å². The number of carbonyl (C=O) groups excluding carboxylic acids is 2. The van der Waals surface area contributed by atoms with Gasteiger partial charge in [0, 0.05) is 0 Å². The van der Waals surface area contributed by atoms with Gasteiger partial charge in [0.2, 0.25) is 0 Å². The Kier molecular flexibility index (Phi) is 9.88. The highest BCUT2D eigenvalue weighted by Gasteiger charge is 2.35. The monoisotopic (exact) mass is 553 g/mol. The predicted octanol–water partition coefficient (Wildman–Crippen LogP) is 4.90. The van der Waals surface area contributed by atoms with Crippen LogP contribution in [-0.4, -0.2) is 32.5 Å². The lowest BCUT2D eigenvalue weighted by Crippen LogP contribution is -2.35. The fraction of sp³-hybridized carbons (Fsp3) is 0.333. The van der Waals surface area contributed by atoms with Crippen molar-refractivity contribution in [3.8, 4) is 5.75 Å². The van der Waals surface area contributed by atoms with Crippen LogP contribution in [0.4, 0.5) is 0 Å². The highest BCUT2D eigenvalue weighted by molar-refractivity contribution is 7.87. The Morgan fingerprint density at radius 1 is 0.897 bits per heavy atom. The molecule has 0 saturated heterocycles. The Bertz CT molecular complexity index is 1350. The van der Waals surface area contributed by atoms with E-state index in [-0.39, 0.29) is 30.2 Å². The maximum atomic E-state index is 13.3. The van der Waals surface area contributed by atoms with E-state index >= 15 is 0 Å². The summed E-state index contributed by atoms with van der Waals surface area (Å²) in [4.78, 5) is 26.0. The number of aryl methyl sites for hydroxylation is 1. The first-order valence-electron chi connectivity index (χ1n) is 12.6. The van der Waals surface area contributed by atoms with Gasteiger partial charge in [-0.1, -0.05) is 60.2 Å². The largest absolute Gasteiger partial charge is 0.461 e. The third-order valence-corrected chi connectivity index (χ3v) is 7.12. The number of rotatable bonds is 11. The molecular weight excluding hydrogens is 518 g/mol. The number of ether oxygens (including phenoxy) is 2. The van der Waals surface area contributed by atoms with E-state index in [0.29, 0.717) is 5.56 Å². The fourth-order valence-corrected chi connectivity index (χ4v) is 4.85. The second-order valence-corrected chi connectivity index (χ2v) is 11.8. The van der Waals surface area contributed by atoms with Crippen LogP contribution in [0, 0.1) is 12.8 Å². The van der Waals surface area contributed by atoms with E-state index in [4.69, 9.17) is 19.4 Å². The van der Waals surface area contributed by atoms with Gasteiger partial charge in [0.25, 0.3) is 0 Å². The lowest BCUT2D eigenvalue weighted by atomic mass is 9.83. The third-order valence-electron chi connectivity index (χ3n) is 5.86. The van der Waals surface area contributed by atoms with Crippen molar-refractivity contribution < 1.29 is 31.7 Å². The highest BCUT2D eigenvalue weighted by Crippen LogP contribution is 2.32. The molecule has 0 amide bonds. The summed E-state index contributed by atoms with van der Waals surface area (Å²) in [5.74, 6) is -2.47. The molecule has 0 radical (unpaired) electrons. The van der Waals surface area contributed by atoms with Crippen molar-refractivity contribution >= 4 is 22.1 Å². The van der Waals surface area contributed by atoms with E-state index in [9.17, 15) is 18.0 Å². The minimum Gasteiger partial charge on any atom is -0.461 e. The number of nitrogens with two attached hydrogens (primary N) is 1. The van der Waals surface area contributed by atoms with Crippen molar-refractivity contribution in [1.82, 2.24) is 0 Å². The Labute approximate surface area is 230 Å². The molecule has 0 aliphatic carbocycles. The summed E-state index contributed by atoms with van der Waals surface area (Å²) in [6.07, 6.45) is -0.104. The van der Waals surface area contributed by atoms with Gasteiger partial charge >= 0.3 is 22.1 Å². The topological polar surface area (TPSA) is 122 Å². The minimum absolute atomic E-state index is 0.0183. The Morgan fingerprint density at radius 3 is 2.08 bits per heavy atom. The minimum atomic E-state index is -4.04. The smallest absolute Gasteiger partial charge is 0.339 e. The molecule has 0 fully saturated rings. The Balaban J connectivity index is 1.80. The maximum absolute atomic E-state index is 13.3. The van der Waals surface area contributed by atoms with Gasteiger partial charge in [-0.25, -0.2) is 0 Å². The first-order chi connectivity index (χ1) is 18.4. The summed E-state index contributed by atoms with van der Waals surface area (Å²) in [7, 11) is -4.04. The lowest BCUT2D eigenvalue weighted by Gasteiger charge is -2.28. The molecule has 39 heavy (non-hydrogen) atoms. The molecule has 0 aromatic heterocycles. The zero-order valence-corrected chi connectivity index (χ0v) is 23.4. The van der Waals surface area contributed by atoms with Gasteiger partial charge < -0.3 is 19.4 Å². The molecule has 3 aromatic rings. The van der Waals surface area contributed by atoms with E-state index < -0.39 is 39.5 Å². The van der Waals surface area contributed by atoms with Gasteiger partial charge in [0.15, 0.2) is 0 Å². The average Bonchev–Trinajstić information content (AvgIpc) is 2.87. The van der Waals surface area contributed by atoms with Crippen LogP contribution >= 0.6 is 0 Å². The van der Waals surface area contributed by atoms with Gasteiger partial charge in [-0.15, -0.1) is 0 Å². The van der Waals surface area contributed by atoms with Crippen LogP contribution in [0.1, 0.15) is 49.8 Å². The molecule has 0 spiro atoms. The van der Waals surface area contributed by atoms with Crippen molar-refractivity contribution in [3.05, 3.63) is 95.6 Å². The number of benzene rings is 3. The molecule has 2 N–H and O–H groups in total. The summed E-state index contributed by atoms with van der Waals surface area (Å²) in [6, 6.07) is 21.6. The quantitative estimate of drug-likeness (QED) is 0.263. The van der Waals surface area contributed by atoms with Gasteiger partial charge in [0.1, 0.15) is 22.9 Å². The zero-order valence-electron chi connectivity index (χ0n) is 22.6. The zero-order chi connectivity index (χ0) is 28.6. The van der Waals surface area contributed by atoms with Crippen LogP contribution in [0.2, 0.25) is 0 Å². The highest BCUT2D eigenvalue weighted by atomic mass is 32.2. The van der Waals surface area contributed by atoms with Crippen LogP contribution in [0.25, 0.3) is 0 Å². The average molecular weight is 554 g/mol. The molecule has 0 aliphatic heterocycles. The first-order valence-corrected chi connectivity index (χ1v) is 14.0. The SMILES string of the molecule is Cc1ccc(S(=O)(=O)Oc2ccc(C(C(=O)OC(C)(C)C)C(CN)CC(=O)OCc3ccccc3)cc2)cc1. The molecule has 208 valence electrons. The van der Waals surface area contributed by atoms with E-state index in [1.165, 1.54) is 24.3 Å². The van der Waals surface area contributed by atoms with Crippen LogP contribution in [0.5, 0.6) is 5.75 Å². The van der Waals surface area contributed by atoms with Gasteiger partial charge in [-0.2, -0.15) is 8.42 Å². The second kappa shape index (κ2) is 12.9. The number of hydrogen-bond acceptors (Lipinski definition) is 8. The van der Waals surface area contributed by atoms with E-state index in [1.54, 1.807) is 45.0 Å². The lowest BCUT2D eigenvalue weighted by molar-refractivity contribution is -0.159. The summed E-state index contributed by atoms with van der Waals surface area (Å²) in [5, 5.41) is 0. The second-order valence-electron chi connectivity index (χ2n) is 10.3. The van der Waals surface area contributed by atoms with Crippen LogP contribution < -0.4 is 9.92 Å². The number of carbonyl (C=O) groups is 2. The summed E-state index contributed by atoms with van der Waals surface area (Å²) >= 11 is 0. The number of esters is 2. The standard InChI is InChI=1S/C30H35NO7S/c1-21-10-16-26(17-11-21)39(34,35)38-25-14-12-23(13-15-25)28(29(33)37-30(2,3)4)24(19-31)18-27(32)36-20-22-8-6-5-7-9-22/h5-17,24,28H,18-20,31H2,1-4H3. The van der Waals surface area contributed by atoms with Gasteiger partial charge in [-0.3, -0.25) is 9.59 Å². The first kappa shape index (κ1) is 29.9. The van der Waals surface area contributed by atoms with E-state index in [0.717, 1.165) is 11.1 Å². The van der Waals surface area contributed by atoms with Crippen molar-refractivity contribution in [1.29, 1.82) is 0 Å². The van der Waals surface area contributed by atoms with Gasteiger partial charge in [0.05, 0.1) is 12.3 Å². The van der Waals surface area contributed by atoms with Crippen LogP contribution in [0.15, 0.2) is 83.8 Å². The normalized spacial score (nSPS) is 13.3. The molecule has 2 unspecified atom stereocenters. The molecule has 0 aliphatic rings. The molecule has 0 saturated carbocycles. The van der Waals surface area contributed by atoms with E-state index in [2.05, 4.69) is 0 Å². The van der Waals surface area contributed by atoms with Crippen molar-refractivity contribution in [2.45, 2.75) is 57.1 Å². The van der Waals surface area contributed by atoms with Crippen molar-refractivity contribution in [2.75, 3.05) is 6.54 Å². The fourth-order valence-electron chi connectivity index (χ4n) is 3.92. The summed E-state index contributed by atoms with van der Waals surface area (Å²) < 4.78 is 41.7. The molecule has 0 heterocycles. The number of hydrogen-bond donors (Lipinski definition) is 1. The summed E-state index contributed by atoms with van der Waals surface area (Å²) in [6.45, 7) is 7.23. The van der Waals surface area contributed by atoms with Crippen LogP contribution in [0.3, 0.4) is 0 Å². The molecule has 3 aromatic carbocycles. The van der Waals surface area contributed by atoms with Crippen molar-refractivity contribution in [2.24, 2.45) is 11.7 Å². The summed E-state index contributed by atoms with van der Waals surface area (Å²) in [5.41, 5.74) is 7.54. The Morgan fingerprint density at radius 2 is 1.51 bits per heavy atom. The molecule has 0 bridgehead atoms. The van der Waals surface area contributed by atoms with Gasteiger partial charge in [-0.05, 0) is 75.5 Å². The predicted molar refractivity (Wildman–Crippen MR) is 147 cm³/mol. The molecule has 2 atom stereocenters. The molecular formula is C30H35NO7S. The third kappa shape index (κ3) is 8.94. The molecule has 8 nitrogen and oxygen atoms in total. The van der Waals surface area contributed by atoms with Crippen LogP contribution in [-0.2, 0) is 35.8 Å². The molecule has 3 rings (SSSR count).